The first-order valence-corrected chi connectivity index (χ1v) is 10.9. The molecule has 0 radical (unpaired) electrons. The Hall–Kier alpha value is -4.40. The van der Waals surface area contributed by atoms with Gasteiger partial charge in [-0.1, -0.05) is 121 Å². The predicted octanol–water partition coefficient (Wildman–Crippen LogP) is 6.73. The van der Waals surface area contributed by atoms with Crippen LogP contribution in [0.2, 0.25) is 0 Å². The van der Waals surface area contributed by atoms with Gasteiger partial charge in [0.2, 0.25) is 0 Å². The fourth-order valence-corrected chi connectivity index (χ4v) is 3.38. The molecule has 37 heavy (non-hydrogen) atoms. The van der Waals surface area contributed by atoms with Crippen molar-refractivity contribution in [3.8, 4) is 0 Å². The molecule has 2 N–H and O–H groups in total. The van der Waals surface area contributed by atoms with Gasteiger partial charge >= 0.3 is 0 Å². The van der Waals surface area contributed by atoms with Crippen molar-refractivity contribution in [3.05, 3.63) is 164 Å². The van der Waals surface area contributed by atoms with E-state index in [9.17, 15) is 20.2 Å². The van der Waals surface area contributed by atoms with Crippen molar-refractivity contribution in [2.24, 2.45) is 10.4 Å². The van der Waals surface area contributed by atoms with Crippen LogP contribution in [0.5, 0.6) is 0 Å². The summed E-state index contributed by atoms with van der Waals surface area (Å²) in [6, 6.07) is 35.6. The second-order valence-corrected chi connectivity index (χ2v) is 7.30. The second-order valence-electron chi connectivity index (χ2n) is 7.30. The van der Waals surface area contributed by atoms with E-state index in [-0.39, 0.29) is 39.9 Å². The van der Waals surface area contributed by atoms with Crippen LogP contribution in [-0.2, 0) is 17.1 Å². The van der Waals surface area contributed by atoms with E-state index in [1.165, 1.54) is 0 Å². The number of benzene rings is 4. The quantitative estimate of drug-likeness (QED) is 0.112. The van der Waals surface area contributed by atoms with Gasteiger partial charge in [-0.2, -0.15) is 0 Å². The molecule has 9 heteroatoms. The maximum Gasteiger partial charge on any atom is 0.138 e. The van der Waals surface area contributed by atoms with Crippen LogP contribution in [0.3, 0.4) is 0 Å². The van der Waals surface area contributed by atoms with Crippen LogP contribution >= 0.6 is 0 Å². The predicted molar refractivity (Wildman–Crippen MR) is 144 cm³/mol. The van der Waals surface area contributed by atoms with Crippen LogP contribution in [0.15, 0.2) is 132 Å². The minimum absolute atomic E-state index is 0. The van der Waals surface area contributed by atoms with Crippen LogP contribution in [0, 0.1) is 20.2 Å². The summed E-state index contributed by atoms with van der Waals surface area (Å²) < 4.78 is 0. The smallest absolute Gasteiger partial charge is 0.138 e. The fourth-order valence-electron chi connectivity index (χ4n) is 3.38. The van der Waals surface area contributed by atoms with Crippen molar-refractivity contribution >= 4 is 22.8 Å². The summed E-state index contributed by atoms with van der Waals surface area (Å²) in [4.78, 5) is 22.0. The Kier molecular flexibility index (Phi) is 12.1. The Bertz CT molecular complexity index is 1210. The molecule has 0 aliphatic carbocycles. The molecule has 0 spiro atoms. The molecule has 0 aliphatic heterocycles. The summed E-state index contributed by atoms with van der Waals surface area (Å²) in [5.41, 5.74) is 6.65. The molecule has 0 saturated carbocycles. The van der Waals surface area contributed by atoms with Gasteiger partial charge in [-0.05, 0) is 21.5 Å². The minimum atomic E-state index is 0. The van der Waals surface area contributed by atoms with Crippen molar-refractivity contribution in [2.45, 2.75) is 0 Å². The van der Waals surface area contributed by atoms with Crippen molar-refractivity contribution < 1.29 is 17.1 Å². The second kappa shape index (κ2) is 15.6. The summed E-state index contributed by atoms with van der Waals surface area (Å²) in [7, 11) is 0. The Morgan fingerprint density at radius 3 is 0.919 bits per heavy atom. The maximum atomic E-state index is 11.1. The van der Waals surface area contributed by atoms with Gasteiger partial charge < -0.3 is 21.4 Å². The maximum absolute atomic E-state index is 11.1. The van der Waals surface area contributed by atoms with Gasteiger partial charge in [-0.3, -0.25) is 0 Å². The molecule has 0 heterocycles. The zero-order valence-corrected chi connectivity index (χ0v) is 20.5. The molecule has 0 aliphatic rings. The molecule has 188 valence electrons. The van der Waals surface area contributed by atoms with Gasteiger partial charge in [0.05, 0.1) is 11.4 Å². The van der Waals surface area contributed by atoms with Crippen molar-refractivity contribution in [1.82, 2.24) is 11.0 Å². The van der Waals surface area contributed by atoms with E-state index in [1.54, 1.807) is 108 Å². The molecular weight excluding hydrogens is 512 g/mol. The molecule has 8 nitrogen and oxygen atoms in total. The van der Waals surface area contributed by atoms with E-state index in [1.807, 2.05) is 24.3 Å². The van der Waals surface area contributed by atoms with Crippen LogP contribution in [0.4, 0.5) is 0 Å². The number of hydroxylamine groups is 2. The summed E-state index contributed by atoms with van der Waals surface area (Å²) >= 11 is 0. The number of rotatable bonds is 8. The zero-order chi connectivity index (χ0) is 25.6. The molecule has 0 fully saturated rings. The van der Waals surface area contributed by atoms with E-state index in [4.69, 9.17) is 0 Å². The van der Waals surface area contributed by atoms with E-state index < -0.39 is 0 Å². The van der Waals surface area contributed by atoms with Gasteiger partial charge in [-0.15, -0.1) is 9.81 Å². The van der Waals surface area contributed by atoms with Gasteiger partial charge in [0.25, 0.3) is 0 Å². The van der Waals surface area contributed by atoms with E-state index in [0.717, 1.165) is 0 Å². The molecule has 4 rings (SSSR count). The molecule has 0 unspecified atom stereocenters. The van der Waals surface area contributed by atoms with Gasteiger partial charge in [0.15, 0.2) is 0 Å². The molecule has 4 aromatic rings. The summed E-state index contributed by atoms with van der Waals surface area (Å²) in [6.45, 7) is 0. The van der Waals surface area contributed by atoms with Crippen LogP contribution in [0.1, 0.15) is 22.3 Å². The van der Waals surface area contributed by atoms with Crippen LogP contribution in [-0.4, -0.2) is 0 Å². The standard InChI is InChI=1S/2C14H11N2O2.Fe/c2*17-15-13(11-7-3-1-4-8-11)14(16-18)12-9-5-2-6-10-12;/h2*1-10,15H;/q2*-1;. The topological polar surface area (TPSA) is 129 Å². The van der Waals surface area contributed by atoms with Crippen molar-refractivity contribution in [2.75, 3.05) is 0 Å². The van der Waals surface area contributed by atoms with Gasteiger partial charge in [0, 0.05) is 28.2 Å². The van der Waals surface area contributed by atoms with Gasteiger partial charge in [-0.25, -0.2) is 0 Å². The average molecular weight is 534 g/mol. The van der Waals surface area contributed by atoms with Crippen LogP contribution < -0.4 is 11.0 Å². The molecule has 0 saturated heterocycles. The zero-order valence-electron chi connectivity index (χ0n) is 19.4. The molecule has 0 bridgehead atoms. The first-order chi connectivity index (χ1) is 17.7. The van der Waals surface area contributed by atoms with E-state index in [0.29, 0.717) is 22.3 Å². The Labute approximate surface area is 224 Å². The average Bonchev–Trinajstić information content (AvgIpc) is 2.96. The number of nitroso groups, excluding NO2 is 2. The van der Waals surface area contributed by atoms with Crippen molar-refractivity contribution in [3.63, 3.8) is 0 Å². The Balaban J connectivity index is 0.000000253. The minimum Gasteiger partial charge on any atom is -0.761 e. The number of nitrogens with zero attached hydrogens (tertiary/aromatic N) is 2. The number of hydrogen-bond donors (Lipinski definition) is 2. The first kappa shape index (κ1) is 28.8. The third-order valence-corrected chi connectivity index (χ3v) is 5.08. The Morgan fingerprint density at radius 1 is 0.459 bits per heavy atom. The van der Waals surface area contributed by atoms with E-state index >= 15 is 0 Å². The Morgan fingerprint density at radius 2 is 0.703 bits per heavy atom. The monoisotopic (exact) mass is 534 g/mol. The molecule has 0 aromatic heterocycles. The molecule has 0 atom stereocenters. The summed E-state index contributed by atoms with van der Waals surface area (Å²) in [6.07, 6.45) is 0. The third-order valence-electron chi connectivity index (χ3n) is 5.08. The SMILES string of the molecule is O=NC(=C(N[O-])c1ccccc1)c1ccccc1.O=NC(=C(N[O-])c1ccccc1)c1ccccc1.[Fe]. The third kappa shape index (κ3) is 7.79. The summed E-state index contributed by atoms with van der Waals surface area (Å²) in [5, 5.41) is 28.1. The van der Waals surface area contributed by atoms with Gasteiger partial charge in [0.1, 0.15) is 11.4 Å². The summed E-state index contributed by atoms with van der Waals surface area (Å²) in [5.74, 6) is 0. The largest absolute Gasteiger partial charge is 0.761 e. The molecule has 0 amide bonds. The first-order valence-electron chi connectivity index (χ1n) is 10.9. The van der Waals surface area contributed by atoms with E-state index in [2.05, 4.69) is 10.4 Å². The number of hydrogen-bond acceptors (Lipinski definition) is 8. The van der Waals surface area contributed by atoms with Crippen molar-refractivity contribution in [1.29, 1.82) is 0 Å². The molecule has 4 aromatic carbocycles. The van der Waals surface area contributed by atoms with Crippen LogP contribution in [0.25, 0.3) is 22.8 Å². The molecular formula is C28H22FeN4O4-2. The normalized spacial score (nSPS) is 11.3. The number of nitrogens with one attached hydrogen (secondary N) is 2. The fraction of sp³-hybridized carbons (Fsp3) is 0.